The number of carbonyl (C=O) groups is 1. The fourth-order valence-electron chi connectivity index (χ4n) is 0.696. The van der Waals surface area contributed by atoms with Crippen molar-refractivity contribution in [2.45, 2.75) is 26.7 Å². The Balaban J connectivity index is 3.31. The number of allylic oxidation sites excluding steroid dienone is 2. The fraction of sp³-hybridized carbons (Fsp3) is 0.500. The van der Waals surface area contributed by atoms with Gasteiger partial charge in [-0.2, -0.15) is 0 Å². The van der Waals surface area contributed by atoms with Gasteiger partial charge in [0.2, 0.25) is 0 Å². The van der Waals surface area contributed by atoms with Gasteiger partial charge in [0, 0.05) is 6.08 Å². The summed E-state index contributed by atoms with van der Waals surface area (Å²) >= 11 is 0. The summed E-state index contributed by atoms with van der Waals surface area (Å²) in [4.78, 5) is 10.7. The molecule has 0 aliphatic rings. The predicted octanol–water partition coefficient (Wildman–Crippen LogP) is 2.46. The third kappa shape index (κ3) is 7.06. The standard InChI is InChI=1S/C10H16O2/c1-3-5-6-7-9-12-10(11)8-4-2/h4-6,8H,3,7,9H2,1-2H3/b6-5?,8-4-. The Morgan fingerprint density at radius 1 is 1.42 bits per heavy atom. The minimum absolute atomic E-state index is 0.262. The van der Waals surface area contributed by atoms with Gasteiger partial charge in [-0.3, -0.25) is 0 Å². The van der Waals surface area contributed by atoms with Crippen molar-refractivity contribution in [3.05, 3.63) is 24.3 Å². The first kappa shape index (κ1) is 11.0. The molecule has 0 saturated heterocycles. The summed E-state index contributed by atoms with van der Waals surface area (Å²) in [5.74, 6) is -0.262. The zero-order chi connectivity index (χ0) is 9.23. The van der Waals surface area contributed by atoms with Crippen LogP contribution in [0.2, 0.25) is 0 Å². The van der Waals surface area contributed by atoms with Crippen LogP contribution >= 0.6 is 0 Å². The molecule has 0 spiro atoms. The maximum Gasteiger partial charge on any atom is 0.330 e. The maximum absolute atomic E-state index is 10.7. The fourth-order valence-corrected chi connectivity index (χ4v) is 0.696. The Bertz CT molecular complexity index is 169. The largest absolute Gasteiger partial charge is 0.462 e. The first-order chi connectivity index (χ1) is 5.81. The highest BCUT2D eigenvalue weighted by atomic mass is 16.5. The zero-order valence-electron chi connectivity index (χ0n) is 7.75. The van der Waals surface area contributed by atoms with Gasteiger partial charge < -0.3 is 4.74 Å². The van der Waals surface area contributed by atoms with Crippen molar-refractivity contribution in [3.63, 3.8) is 0 Å². The quantitative estimate of drug-likeness (QED) is 0.273. The molecule has 0 unspecified atom stereocenters. The molecule has 0 amide bonds. The molecule has 0 aliphatic heterocycles. The van der Waals surface area contributed by atoms with Crippen LogP contribution in [0.5, 0.6) is 0 Å². The molecule has 0 atom stereocenters. The molecule has 2 nitrogen and oxygen atoms in total. The van der Waals surface area contributed by atoms with E-state index in [2.05, 4.69) is 13.0 Å². The Kier molecular flexibility index (Phi) is 7.35. The van der Waals surface area contributed by atoms with Crippen molar-refractivity contribution in [3.8, 4) is 0 Å². The Hall–Kier alpha value is -1.05. The summed E-state index contributed by atoms with van der Waals surface area (Å²) in [6, 6.07) is 0. The summed E-state index contributed by atoms with van der Waals surface area (Å²) < 4.78 is 4.85. The van der Waals surface area contributed by atoms with Crippen molar-refractivity contribution < 1.29 is 9.53 Å². The van der Waals surface area contributed by atoms with Crippen molar-refractivity contribution >= 4 is 5.97 Å². The van der Waals surface area contributed by atoms with E-state index in [-0.39, 0.29) is 5.97 Å². The molecule has 0 fully saturated rings. The van der Waals surface area contributed by atoms with E-state index >= 15 is 0 Å². The van der Waals surface area contributed by atoms with Crippen molar-refractivity contribution in [2.24, 2.45) is 0 Å². The number of carbonyl (C=O) groups excluding carboxylic acids is 1. The molecule has 0 N–H and O–H groups in total. The minimum Gasteiger partial charge on any atom is -0.462 e. The van der Waals surface area contributed by atoms with E-state index in [4.69, 9.17) is 4.74 Å². The van der Waals surface area contributed by atoms with Gasteiger partial charge in [-0.25, -0.2) is 4.79 Å². The third-order valence-electron chi connectivity index (χ3n) is 1.23. The first-order valence-electron chi connectivity index (χ1n) is 4.25. The van der Waals surface area contributed by atoms with Crippen LogP contribution in [0.3, 0.4) is 0 Å². The molecule has 2 heteroatoms. The molecule has 0 aromatic carbocycles. The molecular formula is C10H16O2. The molecule has 0 aromatic rings. The third-order valence-corrected chi connectivity index (χ3v) is 1.23. The van der Waals surface area contributed by atoms with Crippen molar-refractivity contribution in [2.75, 3.05) is 6.61 Å². The van der Waals surface area contributed by atoms with Gasteiger partial charge in [0.05, 0.1) is 6.61 Å². The minimum atomic E-state index is -0.262. The zero-order valence-corrected chi connectivity index (χ0v) is 7.75. The number of hydrogen-bond acceptors (Lipinski definition) is 2. The molecule has 0 bridgehead atoms. The molecule has 0 saturated carbocycles. The van der Waals surface area contributed by atoms with E-state index in [1.54, 1.807) is 13.0 Å². The highest BCUT2D eigenvalue weighted by Gasteiger charge is 1.92. The highest BCUT2D eigenvalue weighted by Crippen LogP contribution is 1.89. The lowest BCUT2D eigenvalue weighted by molar-refractivity contribution is -0.137. The lowest BCUT2D eigenvalue weighted by Gasteiger charge is -1.96. The normalized spacial score (nSPS) is 11.2. The van der Waals surface area contributed by atoms with E-state index < -0.39 is 0 Å². The molecule has 68 valence electrons. The maximum atomic E-state index is 10.7. The Morgan fingerprint density at radius 3 is 2.75 bits per heavy atom. The van der Waals surface area contributed by atoms with Crippen LogP contribution < -0.4 is 0 Å². The molecule has 0 aliphatic carbocycles. The molecule has 0 rings (SSSR count). The SMILES string of the molecule is C/C=C\C(=O)OCCC=CCC. The lowest BCUT2D eigenvalue weighted by Crippen LogP contribution is -2.00. The summed E-state index contributed by atoms with van der Waals surface area (Å²) in [6.07, 6.45) is 9.00. The average molecular weight is 168 g/mol. The smallest absolute Gasteiger partial charge is 0.330 e. The van der Waals surface area contributed by atoms with Crippen LogP contribution in [-0.2, 0) is 9.53 Å². The molecule has 12 heavy (non-hydrogen) atoms. The predicted molar refractivity (Wildman–Crippen MR) is 49.8 cm³/mol. The Morgan fingerprint density at radius 2 is 2.17 bits per heavy atom. The number of rotatable bonds is 5. The van der Waals surface area contributed by atoms with Crippen LogP contribution in [0, 0.1) is 0 Å². The second-order valence-electron chi connectivity index (χ2n) is 2.34. The van der Waals surface area contributed by atoms with Crippen LogP contribution in [-0.4, -0.2) is 12.6 Å². The van der Waals surface area contributed by atoms with E-state index in [0.717, 1.165) is 12.8 Å². The van der Waals surface area contributed by atoms with E-state index in [9.17, 15) is 4.79 Å². The number of esters is 1. The second-order valence-corrected chi connectivity index (χ2v) is 2.34. The van der Waals surface area contributed by atoms with Crippen molar-refractivity contribution in [1.29, 1.82) is 0 Å². The van der Waals surface area contributed by atoms with Gasteiger partial charge in [-0.05, 0) is 19.8 Å². The monoisotopic (exact) mass is 168 g/mol. The number of hydrogen-bond donors (Lipinski definition) is 0. The summed E-state index contributed by atoms with van der Waals surface area (Å²) in [7, 11) is 0. The van der Waals surface area contributed by atoms with Crippen LogP contribution in [0.4, 0.5) is 0 Å². The van der Waals surface area contributed by atoms with E-state index in [0.29, 0.717) is 6.61 Å². The number of ether oxygens (including phenoxy) is 1. The van der Waals surface area contributed by atoms with Gasteiger partial charge in [-0.1, -0.05) is 25.2 Å². The summed E-state index contributed by atoms with van der Waals surface area (Å²) in [6.45, 7) is 4.33. The second kappa shape index (κ2) is 8.05. The van der Waals surface area contributed by atoms with Gasteiger partial charge in [0.1, 0.15) is 0 Å². The van der Waals surface area contributed by atoms with Gasteiger partial charge in [-0.15, -0.1) is 0 Å². The van der Waals surface area contributed by atoms with E-state index in [1.807, 2.05) is 6.08 Å². The van der Waals surface area contributed by atoms with Crippen molar-refractivity contribution in [1.82, 2.24) is 0 Å². The molecule has 0 heterocycles. The summed E-state index contributed by atoms with van der Waals surface area (Å²) in [5, 5.41) is 0. The topological polar surface area (TPSA) is 26.3 Å². The van der Waals surface area contributed by atoms with Crippen LogP contribution in [0.15, 0.2) is 24.3 Å². The lowest BCUT2D eigenvalue weighted by atomic mass is 10.3. The van der Waals surface area contributed by atoms with Gasteiger partial charge in [0.25, 0.3) is 0 Å². The van der Waals surface area contributed by atoms with E-state index in [1.165, 1.54) is 6.08 Å². The van der Waals surface area contributed by atoms with Gasteiger partial charge >= 0.3 is 5.97 Å². The first-order valence-corrected chi connectivity index (χ1v) is 4.25. The molecule has 0 aromatic heterocycles. The summed E-state index contributed by atoms with van der Waals surface area (Å²) in [5.41, 5.74) is 0. The highest BCUT2D eigenvalue weighted by molar-refractivity contribution is 5.81. The molecular weight excluding hydrogens is 152 g/mol. The van der Waals surface area contributed by atoms with Crippen LogP contribution in [0.1, 0.15) is 26.7 Å². The Labute approximate surface area is 73.9 Å². The molecule has 0 radical (unpaired) electrons. The van der Waals surface area contributed by atoms with Gasteiger partial charge in [0.15, 0.2) is 0 Å². The average Bonchev–Trinajstić information content (AvgIpc) is 2.05. The van der Waals surface area contributed by atoms with Crippen LogP contribution in [0.25, 0.3) is 0 Å².